The highest BCUT2D eigenvalue weighted by atomic mass is 16.5. The smallest absolute Gasteiger partial charge is 0.339 e. The van der Waals surface area contributed by atoms with Gasteiger partial charge in [-0.15, -0.1) is 0 Å². The van der Waals surface area contributed by atoms with Crippen molar-refractivity contribution in [2.75, 3.05) is 51.2 Å². The number of carbonyl (C=O) groups is 4. The van der Waals surface area contributed by atoms with Crippen LogP contribution in [0.15, 0.2) is 103 Å². The zero-order chi connectivity index (χ0) is 53.2. The zero-order valence-corrected chi connectivity index (χ0v) is 43.9. The second-order valence-electron chi connectivity index (χ2n) is 20.8. The lowest BCUT2D eigenvalue weighted by atomic mass is 9.69. The van der Waals surface area contributed by atoms with Crippen LogP contribution in [-0.2, 0) is 35.0 Å². The lowest BCUT2D eigenvalue weighted by Crippen LogP contribution is -2.49. The minimum atomic E-state index is -0.688. The van der Waals surface area contributed by atoms with Crippen LogP contribution in [0.3, 0.4) is 0 Å². The first-order valence-corrected chi connectivity index (χ1v) is 26.8. The van der Waals surface area contributed by atoms with Gasteiger partial charge in [0.15, 0.2) is 0 Å². The number of aromatic nitrogens is 2. The van der Waals surface area contributed by atoms with Gasteiger partial charge in [0, 0.05) is 58.0 Å². The molecule has 396 valence electrons. The van der Waals surface area contributed by atoms with E-state index < -0.39 is 65.0 Å². The second-order valence-corrected chi connectivity index (χ2v) is 20.8. The van der Waals surface area contributed by atoms with E-state index >= 15 is 0 Å². The van der Waals surface area contributed by atoms with Gasteiger partial charge in [-0.05, 0) is 130 Å². The number of piperidine rings is 2. The third-order valence-electron chi connectivity index (χ3n) is 17.1. The summed E-state index contributed by atoms with van der Waals surface area (Å²) in [4.78, 5) is 55.9. The highest BCUT2D eigenvalue weighted by molar-refractivity contribution is 6.19. The molecule has 0 bridgehead atoms. The van der Waals surface area contributed by atoms with Crippen molar-refractivity contribution in [3.63, 3.8) is 0 Å². The SMILES string of the molecule is CCOC(=O)c1ccc(NC2c3cc(C(=O)OCC)ccc3N[C@@H](Cc3c4n(c5ccccc35)[C@H]3N(O)CCC[C@@]3(CC)C=C4C(=O)OC)[C@@H]2c2c3n(c4ccccc24)[C@H]2N(O)CCC[C@@]2(CC)C=C3C(=O)OC)cc1. The molecule has 0 spiro atoms. The molecule has 6 aromatic rings. The number of para-hydroxylation sites is 2. The predicted octanol–water partition coefficient (Wildman–Crippen LogP) is 10.8. The molecule has 5 aliphatic rings. The molecule has 76 heavy (non-hydrogen) atoms. The van der Waals surface area contributed by atoms with Gasteiger partial charge in [0.05, 0.1) is 78.2 Å². The molecule has 0 radical (unpaired) electrons. The van der Waals surface area contributed by atoms with E-state index in [9.17, 15) is 29.6 Å². The summed E-state index contributed by atoms with van der Waals surface area (Å²) in [6, 6.07) is 27.5. The summed E-state index contributed by atoms with van der Waals surface area (Å²) in [6.45, 7) is 8.99. The molecular formula is C60H66N6O10. The van der Waals surface area contributed by atoms with Crippen LogP contribution in [0.2, 0.25) is 0 Å². The largest absolute Gasteiger partial charge is 0.465 e. The fourth-order valence-electron chi connectivity index (χ4n) is 13.8. The Kier molecular flexibility index (Phi) is 13.4. The molecule has 4 aromatic carbocycles. The highest BCUT2D eigenvalue weighted by Crippen LogP contribution is 2.59. The van der Waals surface area contributed by atoms with E-state index in [0.717, 1.165) is 63.4 Å². The molecule has 0 saturated carbocycles. The van der Waals surface area contributed by atoms with E-state index in [1.54, 1.807) is 32.0 Å². The van der Waals surface area contributed by atoms with Crippen molar-refractivity contribution >= 4 is 68.2 Å². The molecule has 2 fully saturated rings. The molecule has 0 amide bonds. The van der Waals surface area contributed by atoms with E-state index in [2.05, 4.69) is 45.7 Å². The maximum atomic E-state index is 14.7. The van der Waals surface area contributed by atoms with Crippen molar-refractivity contribution in [1.29, 1.82) is 0 Å². The molecule has 11 rings (SSSR count). The van der Waals surface area contributed by atoms with Gasteiger partial charge in [-0.25, -0.2) is 19.2 Å². The third kappa shape index (κ3) is 8.02. The molecular weight excluding hydrogens is 965 g/mol. The molecule has 1 unspecified atom stereocenters. The number of hydrogen-bond acceptors (Lipinski definition) is 14. The summed E-state index contributed by atoms with van der Waals surface area (Å²) in [5.41, 5.74) is 6.98. The fraction of sp³-hybridized carbons (Fsp3) is 0.400. The van der Waals surface area contributed by atoms with Crippen LogP contribution >= 0.6 is 0 Å². The number of esters is 4. The first kappa shape index (κ1) is 50.9. The highest BCUT2D eigenvalue weighted by Gasteiger charge is 2.53. The van der Waals surface area contributed by atoms with Crippen LogP contribution < -0.4 is 10.6 Å². The standard InChI is InChI=1S/C60H66N6O10/c1-7-59-27-15-29-63(71)57(59)65-46-19-13-11-17-38(46)40(51(65)42(33-59)55(69)73-5)32-45-49(48-39-18-12-14-20-47(39)66-52(48)43(56(70)74-6)34-60(8-2)28-16-30-64(72)58(60)66)50(61-37-24-21-35(22-25-37)53(67)75-9-3)41-31-36(54(68)76-10-4)23-26-44(41)62-45/h11-14,17-26,31,33-34,45,49-50,57-58,61-62,71-72H,7-10,15-16,27-30,32H2,1-6H3/t45-,49+,50?,57+,58+,59-,60-/m0/s1. The fourth-order valence-corrected chi connectivity index (χ4v) is 13.8. The Balaban J connectivity index is 1.22. The minimum absolute atomic E-state index is 0.174. The molecule has 16 heteroatoms. The van der Waals surface area contributed by atoms with Crippen molar-refractivity contribution in [1.82, 2.24) is 19.3 Å². The van der Waals surface area contributed by atoms with E-state index in [1.807, 2.05) is 72.8 Å². The molecule has 7 atom stereocenters. The van der Waals surface area contributed by atoms with Crippen molar-refractivity contribution in [3.8, 4) is 0 Å². The predicted molar refractivity (Wildman–Crippen MR) is 288 cm³/mol. The van der Waals surface area contributed by atoms with Crippen LogP contribution in [0, 0.1) is 10.8 Å². The Morgan fingerprint density at radius 2 is 1.18 bits per heavy atom. The number of methoxy groups -OCH3 is 2. The quantitative estimate of drug-likeness (QED) is 0.0632. The molecule has 7 heterocycles. The second kappa shape index (κ2) is 20.0. The van der Waals surface area contributed by atoms with Gasteiger partial charge < -0.3 is 49.1 Å². The van der Waals surface area contributed by atoms with Gasteiger partial charge in [0.2, 0.25) is 0 Å². The Morgan fingerprint density at radius 3 is 1.76 bits per heavy atom. The van der Waals surface area contributed by atoms with E-state index in [-0.39, 0.29) is 13.2 Å². The minimum Gasteiger partial charge on any atom is -0.465 e. The number of fused-ring (bicyclic) bond motifs is 11. The summed E-state index contributed by atoms with van der Waals surface area (Å²) in [6.07, 6.45) is 7.50. The van der Waals surface area contributed by atoms with Crippen molar-refractivity contribution < 1.29 is 48.5 Å². The van der Waals surface area contributed by atoms with E-state index in [1.165, 1.54) is 24.3 Å². The number of nitrogens with zero attached hydrogens (tertiary/aromatic N) is 4. The van der Waals surface area contributed by atoms with Gasteiger partial charge in [-0.2, -0.15) is 10.1 Å². The average Bonchev–Trinajstić information content (AvgIpc) is 3.95. The third-order valence-corrected chi connectivity index (χ3v) is 17.1. The lowest BCUT2D eigenvalue weighted by molar-refractivity contribution is -0.203. The molecule has 4 N–H and O–H groups in total. The maximum absolute atomic E-state index is 14.7. The Hall–Kier alpha value is -7.24. The number of rotatable bonds is 13. The molecule has 16 nitrogen and oxygen atoms in total. The Bertz CT molecular complexity index is 3360. The van der Waals surface area contributed by atoms with Crippen LogP contribution in [0.1, 0.15) is 139 Å². The number of nitrogens with one attached hydrogen (secondary N) is 2. The van der Waals surface area contributed by atoms with Gasteiger partial charge in [-0.3, -0.25) is 0 Å². The molecule has 2 aromatic heterocycles. The number of ether oxygens (including phenoxy) is 4. The van der Waals surface area contributed by atoms with Crippen molar-refractivity contribution in [2.24, 2.45) is 10.8 Å². The average molecular weight is 1030 g/mol. The molecule has 2 saturated heterocycles. The number of hydroxylamine groups is 4. The summed E-state index contributed by atoms with van der Waals surface area (Å²) in [7, 11) is 2.79. The zero-order valence-electron chi connectivity index (χ0n) is 43.9. The first-order valence-electron chi connectivity index (χ1n) is 26.8. The Labute approximate surface area is 441 Å². The summed E-state index contributed by atoms with van der Waals surface area (Å²) < 4.78 is 26.6. The summed E-state index contributed by atoms with van der Waals surface area (Å²) >= 11 is 0. The van der Waals surface area contributed by atoms with E-state index in [0.29, 0.717) is 78.1 Å². The number of benzene rings is 4. The Morgan fingerprint density at radius 1 is 0.658 bits per heavy atom. The molecule has 5 aliphatic heterocycles. The van der Waals surface area contributed by atoms with Crippen LogP contribution in [0.25, 0.3) is 33.0 Å². The van der Waals surface area contributed by atoms with Crippen LogP contribution in [0.4, 0.5) is 11.4 Å². The van der Waals surface area contributed by atoms with Gasteiger partial charge in [0.1, 0.15) is 12.3 Å². The van der Waals surface area contributed by atoms with Crippen LogP contribution in [-0.4, -0.2) is 100 Å². The number of carbonyl (C=O) groups excluding carboxylic acids is 4. The summed E-state index contributed by atoms with van der Waals surface area (Å²) in [5, 5.41) is 36.6. The normalized spacial score (nSPS) is 24.9. The maximum Gasteiger partial charge on any atom is 0.339 e. The van der Waals surface area contributed by atoms with Gasteiger partial charge >= 0.3 is 23.9 Å². The van der Waals surface area contributed by atoms with Crippen molar-refractivity contribution in [3.05, 3.63) is 142 Å². The van der Waals surface area contributed by atoms with Crippen LogP contribution in [0.5, 0.6) is 0 Å². The number of anilines is 2. The topological polar surface area (TPSA) is 186 Å². The molecule has 0 aliphatic carbocycles. The van der Waals surface area contributed by atoms with Crippen molar-refractivity contribution in [2.45, 2.75) is 103 Å². The lowest BCUT2D eigenvalue weighted by Gasteiger charge is -2.50. The van der Waals surface area contributed by atoms with E-state index in [4.69, 9.17) is 18.9 Å². The number of hydrogen-bond donors (Lipinski definition) is 4. The van der Waals surface area contributed by atoms with Gasteiger partial charge in [0.25, 0.3) is 0 Å². The summed E-state index contributed by atoms with van der Waals surface area (Å²) in [5.74, 6) is -2.58. The monoisotopic (exact) mass is 1030 g/mol. The first-order chi connectivity index (χ1) is 36.9. The van der Waals surface area contributed by atoms with Gasteiger partial charge in [-0.1, -0.05) is 62.4 Å².